The summed E-state index contributed by atoms with van der Waals surface area (Å²) in [7, 11) is 0. The van der Waals surface area contributed by atoms with Crippen LogP contribution in [0, 0.1) is 0 Å². The quantitative estimate of drug-likeness (QED) is 0.408. The van der Waals surface area contributed by atoms with E-state index in [1.807, 2.05) is 0 Å². The van der Waals surface area contributed by atoms with Gasteiger partial charge in [-0.15, -0.1) is 0 Å². The monoisotopic (exact) mass is 384 g/mol. The Hall–Kier alpha value is -2.37. The molecule has 5 atom stereocenters. The van der Waals surface area contributed by atoms with E-state index in [2.05, 4.69) is 0 Å². The Morgan fingerprint density at radius 1 is 1.15 bits per heavy atom. The van der Waals surface area contributed by atoms with Crippen LogP contribution in [0.15, 0.2) is 27.4 Å². The second-order valence-corrected chi connectivity index (χ2v) is 5.97. The topological polar surface area (TPSA) is 159 Å². The molecular formula is C17H20O10. The molecule has 27 heavy (non-hydrogen) atoms. The molecule has 0 aliphatic carbocycles. The molecule has 0 unspecified atom stereocenters. The van der Waals surface area contributed by atoms with Crippen LogP contribution in [0.2, 0.25) is 0 Å². The fourth-order valence-electron chi connectivity index (χ4n) is 2.79. The molecule has 0 bridgehead atoms. The predicted molar refractivity (Wildman–Crippen MR) is 89.7 cm³/mol. The molecule has 10 heteroatoms. The molecule has 10 nitrogen and oxygen atoms in total. The van der Waals surface area contributed by atoms with E-state index in [4.69, 9.17) is 18.6 Å². The highest BCUT2D eigenvalue weighted by atomic mass is 16.7. The third-order valence-corrected chi connectivity index (χ3v) is 4.20. The molecule has 148 valence electrons. The lowest BCUT2D eigenvalue weighted by Crippen LogP contribution is -2.60. The normalized spacial score (nSPS) is 28.3. The maximum absolute atomic E-state index is 11.9. The lowest BCUT2D eigenvalue weighted by atomic mass is 9.99. The molecule has 0 saturated carbocycles. The van der Waals surface area contributed by atoms with Crippen LogP contribution in [0.5, 0.6) is 17.2 Å². The minimum atomic E-state index is -1.59. The van der Waals surface area contributed by atoms with Gasteiger partial charge in [-0.05, 0) is 19.1 Å². The molecular weight excluding hydrogens is 364 g/mol. The molecule has 3 rings (SSSR count). The number of rotatable bonds is 5. The summed E-state index contributed by atoms with van der Waals surface area (Å²) in [5.74, 6) is -0.575. The second-order valence-electron chi connectivity index (χ2n) is 5.97. The molecule has 1 aliphatic rings. The molecule has 2 aromatic rings. The Kier molecular flexibility index (Phi) is 5.53. The number of aliphatic hydroxyl groups is 4. The zero-order valence-corrected chi connectivity index (χ0v) is 14.3. The number of hydrogen-bond acceptors (Lipinski definition) is 10. The molecule has 1 aromatic heterocycles. The summed E-state index contributed by atoms with van der Waals surface area (Å²) in [6.07, 6.45) is -7.18. The van der Waals surface area contributed by atoms with E-state index < -0.39 is 42.9 Å². The van der Waals surface area contributed by atoms with Gasteiger partial charge >= 0.3 is 5.63 Å². The number of aromatic hydroxyl groups is 1. The lowest BCUT2D eigenvalue weighted by Gasteiger charge is -2.39. The highest BCUT2D eigenvalue weighted by Gasteiger charge is 2.44. The third kappa shape index (κ3) is 3.57. The molecule has 1 saturated heterocycles. The Labute approximate surface area is 152 Å². The molecule has 1 aromatic carbocycles. The molecule has 0 amide bonds. The minimum absolute atomic E-state index is 0.00282. The maximum atomic E-state index is 11.9. The number of ether oxygens (including phenoxy) is 3. The van der Waals surface area contributed by atoms with Crippen molar-refractivity contribution in [3.8, 4) is 17.2 Å². The van der Waals surface area contributed by atoms with Gasteiger partial charge < -0.3 is 44.2 Å². The van der Waals surface area contributed by atoms with E-state index in [-0.39, 0.29) is 34.8 Å². The molecule has 5 N–H and O–H groups in total. The van der Waals surface area contributed by atoms with Gasteiger partial charge in [0.15, 0.2) is 5.75 Å². The summed E-state index contributed by atoms with van der Waals surface area (Å²) < 4.78 is 20.9. The second kappa shape index (κ2) is 7.71. The summed E-state index contributed by atoms with van der Waals surface area (Å²) in [5.41, 5.74) is -0.866. The summed E-state index contributed by atoms with van der Waals surface area (Å²) in [6.45, 7) is 1.23. The third-order valence-electron chi connectivity index (χ3n) is 4.20. The zero-order chi connectivity index (χ0) is 19.7. The average molecular weight is 384 g/mol. The van der Waals surface area contributed by atoms with Crippen molar-refractivity contribution in [1.29, 1.82) is 0 Å². The van der Waals surface area contributed by atoms with Crippen molar-refractivity contribution >= 4 is 11.0 Å². The summed E-state index contributed by atoms with van der Waals surface area (Å²) in [6, 6.07) is 4.11. The Morgan fingerprint density at radius 2 is 1.89 bits per heavy atom. The molecule has 0 spiro atoms. The van der Waals surface area contributed by atoms with Gasteiger partial charge in [0.1, 0.15) is 35.7 Å². The zero-order valence-electron chi connectivity index (χ0n) is 14.3. The van der Waals surface area contributed by atoms with Crippen molar-refractivity contribution in [2.75, 3.05) is 13.2 Å². The van der Waals surface area contributed by atoms with Crippen LogP contribution in [-0.2, 0) is 4.74 Å². The molecule has 0 radical (unpaired) electrons. The van der Waals surface area contributed by atoms with E-state index >= 15 is 0 Å². The Bertz CT molecular complexity index is 861. The lowest BCUT2D eigenvalue weighted by molar-refractivity contribution is -0.277. The van der Waals surface area contributed by atoms with Crippen molar-refractivity contribution in [3.63, 3.8) is 0 Å². The van der Waals surface area contributed by atoms with Gasteiger partial charge in [-0.2, -0.15) is 0 Å². The van der Waals surface area contributed by atoms with Crippen molar-refractivity contribution in [2.45, 2.75) is 37.6 Å². The van der Waals surface area contributed by atoms with Gasteiger partial charge in [0.2, 0.25) is 12.0 Å². The van der Waals surface area contributed by atoms with Crippen LogP contribution in [0.25, 0.3) is 11.0 Å². The van der Waals surface area contributed by atoms with Crippen molar-refractivity contribution in [3.05, 3.63) is 28.6 Å². The summed E-state index contributed by atoms with van der Waals surface area (Å²) in [5, 5.41) is 49.1. The number of fused-ring (bicyclic) bond motifs is 1. The number of aliphatic hydroxyl groups excluding tert-OH is 4. The smallest absolute Gasteiger partial charge is 0.383 e. The van der Waals surface area contributed by atoms with Gasteiger partial charge in [-0.3, -0.25) is 0 Å². The van der Waals surface area contributed by atoms with Crippen LogP contribution in [0.3, 0.4) is 0 Å². The van der Waals surface area contributed by atoms with E-state index in [0.29, 0.717) is 0 Å². The van der Waals surface area contributed by atoms with Crippen LogP contribution in [-0.4, -0.2) is 69.5 Å². The molecule has 1 fully saturated rings. The summed E-state index contributed by atoms with van der Waals surface area (Å²) in [4.78, 5) is 11.9. The standard InChI is InChI=1S/C17H20O10/c1-2-24-15-11(19)8-4-3-7(5-9(8)26-16(15)23)25-17-14(22)13(21)12(20)10(6-18)27-17/h3-5,10,12-14,17-22H,2,6H2,1H3/t10-,12-,13+,14-,17-/m1/s1. The highest BCUT2D eigenvalue weighted by molar-refractivity contribution is 5.86. The van der Waals surface area contributed by atoms with Gasteiger partial charge in [0.05, 0.1) is 18.6 Å². The van der Waals surface area contributed by atoms with Crippen LogP contribution in [0.4, 0.5) is 0 Å². The van der Waals surface area contributed by atoms with Crippen LogP contribution in [0.1, 0.15) is 6.92 Å². The van der Waals surface area contributed by atoms with Crippen molar-refractivity contribution in [2.24, 2.45) is 0 Å². The fourth-order valence-corrected chi connectivity index (χ4v) is 2.79. The van der Waals surface area contributed by atoms with E-state index in [1.54, 1.807) is 6.92 Å². The van der Waals surface area contributed by atoms with Gasteiger partial charge in [0.25, 0.3) is 0 Å². The van der Waals surface area contributed by atoms with Crippen molar-refractivity contribution < 1.29 is 44.2 Å². The number of hydrogen-bond donors (Lipinski definition) is 5. The Morgan fingerprint density at radius 3 is 2.56 bits per heavy atom. The summed E-state index contributed by atoms with van der Waals surface area (Å²) >= 11 is 0. The average Bonchev–Trinajstić information content (AvgIpc) is 2.65. The SMILES string of the molecule is CCOc1c(O)c2ccc(O[C@@H]3O[C@H](CO)[C@@H](O)[C@H](O)[C@H]3O)cc2oc1=O. The molecule has 1 aliphatic heterocycles. The first-order valence-electron chi connectivity index (χ1n) is 8.27. The van der Waals surface area contributed by atoms with Crippen molar-refractivity contribution in [1.82, 2.24) is 0 Å². The molecule has 2 heterocycles. The van der Waals surface area contributed by atoms with Crippen LogP contribution < -0.4 is 15.1 Å². The van der Waals surface area contributed by atoms with E-state index in [1.165, 1.54) is 18.2 Å². The fraction of sp³-hybridized carbons (Fsp3) is 0.471. The first-order chi connectivity index (χ1) is 12.9. The van der Waals surface area contributed by atoms with E-state index in [9.17, 15) is 30.3 Å². The number of benzene rings is 1. The Balaban J connectivity index is 1.89. The van der Waals surface area contributed by atoms with Crippen LogP contribution >= 0.6 is 0 Å². The maximum Gasteiger partial charge on any atom is 0.383 e. The first-order valence-corrected chi connectivity index (χ1v) is 8.27. The van der Waals surface area contributed by atoms with Gasteiger partial charge in [0, 0.05) is 6.07 Å². The highest BCUT2D eigenvalue weighted by Crippen LogP contribution is 2.34. The van der Waals surface area contributed by atoms with E-state index in [0.717, 1.165) is 0 Å². The van der Waals surface area contributed by atoms with Gasteiger partial charge in [-0.25, -0.2) is 4.79 Å². The largest absolute Gasteiger partial charge is 0.504 e. The predicted octanol–water partition coefficient (Wildman–Crippen LogP) is -0.924. The van der Waals surface area contributed by atoms with Gasteiger partial charge in [-0.1, -0.05) is 0 Å². The first kappa shape index (κ1) is 19.4. The minimum Gasteiger partial charge on any atom is -0.504 e.